The molecule has 0 aliphatic heterocycles. The number of nitrogens with one attached hydrogen (secondary N) is 1. The molecule has 2 rings (SSSR count). The maximum absolute atomic E-state index is 12.0. The molecule has 1 amide bonds. The van der Waals surface area contributed by atoms with E-state index in [-0.39, 0.29) is 5.91 Å². The molecule has 0 radical (unpaired) electrons. The largest absolute Gasteiger partial charge is 0.493 e. The maximum atomic E-state index is 12.0. The van der Waals surface area contributed by atoms with Crippen molar-refractivity contribution in [3.8, 4) is 5.75 Å². The van der Waals surface area contributed by atoms with Gasteiger partial charge < -0.3 is 4.74 Å². The fourth-order valence-electron chi connectivity index (χ4n) is 2.60. The summed E-state index contributed by atoms with van der Waals surface area (Å²) in [5.74, 6) is 0.561. The zero-order valence-corrected chi connectivity index (χ0v) is 15.5. The van der Waals surface area contributed by atoms with E-state index in [0.717, 1.165) is 17.7 Å². The number of carbonyl (C=O) groups is 1. The van der Waals surface area contributed by atoms with Crippen molar-refractivity contribution in [1.29, 1.82) is 0 Å². The molecule has 0 bridgehead atoms. The molecule has 0 saturated heterocycles. The average Bonchev–Trinajstić information content (AvgIpc) is 2.69. The van der Waals surface area contributed by atoms with Gasteiger partial charge in [0.2, 0.25) is 0 Å². The van der Waals surface area contributed by atoms with E-state index >= 15 is 0 Å². The van der Waals surface area contributed by atoms with Gasteiger partial charge in [-0.25, -0.2) is 5.43 Å². The van der Waals surface area contributed by atoms with Crippen LogP contribution in [0.2, 0.25) is 0 Å². The first kappa shape index (κ1) is 19.7. The van der Waals surface area contributed by atoms with Gasteiger partial charge in [0.05, 0.1) is 12.8 Å². The molecular formula is C22H28N2O2. The van der Waals surface area contributed by atoms with Crippen molar-refractivity contribution in [2.75, 3.05) is 6.61 Å². The van der Waals surface area contributed by atoms with Gasteiger partial charge in [-0.05, 0) is 30.7 Å². The van der Waals surface area contributed by atoms with Crippen molar-refractivity contribution >= 4 is 12.1 Å². The first-order valence-corrected chi connectivity index (χ1v) is 9.41. The van der Waals surface area contributed by atoms with Gasteiger partial charge in [-0.3, -0.25) is 4.79 Å². The number of rotatable bonds is 11. The zero-order chi connectivity index (χ0) is 18.5. The van der Waals surface area contributed by atoms with Crippen LogP contribution in [-0.2, 0) is 0 Å². The number of carbonyl (C=O) groups excluding carboxylic acids is 1. The quantitative estimate of drug-likeness (QED) is 0.344. The third-order valence-corrected chi connectivity index (χ3v) is 4.08. The minimum Gasteiger partial charge on any atom is -0.493 e. The van der Waals surface area contributed by atoms with Crippen LogP contribution in [0.5, 0.6) is 5.75 Å². The maximum Gasteiger partial charge on any atom is 0.271 e. The number of hydrogen-bond donors (Lipinski definition) is 1. The number of unbranched alkanes of at least 4 members (excludes halogenated alkanes) is 5. The van der Waals surface area contributed by atoms with Gasteiger partial charge in [0, 0.05) is 11.1 Å². The van der Waals surface area contributed by atoms with Crippen molar-refractivity contribution in [3.63, 3.8) is 0 Å². The van der Waals surface area contributed by atoms with Crippen molar-refractivity contribution in [2.24, 2.45) is 5.10 Å². The highest BCUT2D eigenvalue weighted by Crippen LogP contribution is 2.16. The van der Waals surface area contributed by atoms with Crippen LogP contribution in [0.3, 0.4) is 0 Å². The molecule has 0 unspecified atom stereocenters. The van der Waals surface area contributed by atoms with Crippen molar-refractivity contribution in [3.05, 3.63) is 65.7 Å². The first-order chi connectivity index (χ1) is 12.8. The second-order valence-corrected chi connectivity index (χ2v) is 6.22. The van der Waals surface area contributed by atoms with Gasteiger partial charge >= 0.3 is 0 Å². The van der Waals surface area contributed by atoms with Crippen molar-refractivity contribution in [2.45, 2.75) is 45.4 Å². The van der Waals surface area contributed by atoms with Crippen LogP contribution in [0, 0.1) is 0 Å². The van der Waals surface area contributed by atoms with Crippen molar-refractivity contribution < 1.29 is 9.53 Å². The zero-order valence-electron chi connectivity index (χ0n) is 15.5. The Bertz CT molecular complexity index is 684. The summed E-state index contributed by atoms with van der Waals surface area (Å²) in [5, 5.41) is 4.05. The summed E-state index contributed by atoms with van der Waals surface area (Å²) in [7, 11) is 0. The molecule has 0 fully saturated rings. The lowest BCUT2D eigenvalue weighted by atomic mass is 10.1. The summed E-state index contributed by atoms with van der Waals surface area (Å²) < 4.78 is 5.88. The van der Waals surface area contributed by atoms with Gasteiger partial charge in [0.25, 0.3) is 5.91 Å². The Balaban J connectivity index is 1.79. The number of para-hydroxylation sites is 1. The van der Waals surface area contributed by atoms with E-state index in [1.165, 1.54) is 32.1 Å². The fourth-order valence-corrected chi connectivity index (χ4v) is 2.60. The van der Waals surface area contributed by atoms with E-state index in [9.17, 15) is 4.79 Å². The SMILES string of the molecule is CCCCCCCCOc1ccccc1/C=N\NC(=O)c1ccccc1. The number of benzene rings is 2. The molecule has 0 aromatic heterocycles. The standard InChI is InChI=1S/C22H28N2O2/c1-2-3-4-5-6-12-17-26-21-16-11-10-15-20(21)18-23-24-22(25)19-13-8-7-9-14-19/h7-11,13-16,18H,2-6,12,17H2,1H3,(H,24,25)/b23-18-. The lowest BCUT2D eigenvalue weighted by molar-refractivity contribution is 0.0955. The summed E-state index contributed by atoms with van der Waals surface area (Å²) in [4.78, 5) is 12.0. The number of hydrazone groups is 1. The minimum absolute atomic E-state index is 0.229. The first-order valence-electron chi connectivity index (χ1n) is 9.41. The average molecular weight is 352 g/mol. The minimum atomic E-state index is -0.229. The van der Waals surface area contributed by atoms with Gasteiger partial charge in [0.15, 0.2) is 0 Å². The second kappa shape index (κ2) is 11.9. The molecule has 0 aliphatic carbocycles. The molecule has 4 nitrogen and oxygen atoms in total. The topological polar surface area (TPSA) is 50.7 Å². The van der Waals surface area contributed by atoms with Crippen LogP contribution in [0.25, 0.3) is 0 Å². The smallest absolute Gasteiger partial charge is 0.271 e. The Labute approximate surface area is 156 Å². The van der Waals surface area contributed by atoms with Crippen LogP contribution >= 0.6 is 0 Å². The highest BCUT2D eigenvalue weighted by molar-refractivity contribution is 5.95. The number of ether oxygens (including phenoxy) is 1. The Morgan fingerprint density at radius 1 is 0.962 bits per heavy atom. The molecular weight excluding hydrogens is 324 g/mol. The van der Waals surface area contributed by atoms with Crippen LogP contribution < -0.4 is 10.2 Å². The molecule has 0 heterocycles. The van der Waals surface area contributed by atoms with Gasteiger partial charge in [-0.1, -0.05) is 69.4 Å². The number of amides is 1. The molecule has 2 aromatic carbocycles. The van der Waals surface area contributed by atoms with E-state index in [1.807, 2.05) is 42.5 Å². The highest BCUT2D eigenvalue weighted by Gasteiger charge is 2.03. The fraction of sp³-hybridized carbons (Fsp3) is 0.364. The van der Waals surface area contributed by atoms with E-state index < -0.39 is 0 Å². The third kappa shape index (κ3) is 7.09. The summed E-state index contributed by atoms with van der Waals surface area (Å²) in [5.41, 5.74) is 3.98. The number of hydrogen-bond acceptors (Lipinski definition) is 3. The molecule has 1 N–H and O–H groups in total. The van der Waals surface area contributed by atoms with Crippen LogP contribution in [0.4, 0.5) is 0 Å². The Kier molecular flexibility index (Phi) is 8.98. The number of nitrogens with zero attached hydrogens (tertiary/aromatic N) is 1. The normalized spacial score (nSPS) is 10.8. The second-order valence-electron chi connectivity index (χ2n) is 6.22. The highest BCUT2D eigenvalue weighted by atomic mass is 16.5. The Morgan fingerprint density at radius 3 is 2.46 bits per heavy atom. The molecule has 0 aliphatic rings. The lowest BCUT2D eigenvalue weighted by Gasteiger charge is -2.09. The van der Waals surface area contributed by atoms with Crippen LogP contribution in [-0.4, -0.2) is 18.7 Å². The molecule has 0 atom stereocenters. The molecule has 138 valence electrons. The predicted octanol–water partition coefficient (Wildman–Crippen LogP) is 5.19. The third-order valence-electron chi connectivity index (χ3n) is 4.08. The monoisotopic (exact) mass is 352 g/mol. The van der Waals surface area contributed by atoms with E-state index in [4.69, 9.17) is 4.74 Å². The van der Waals surface area contributed by atoms with Crippen molar-refractivity contribution in [1.82, 2.24) is 5.43 Å². The lowest BCUT2D eigenvalue weighted by Crippen LogP contribution is -2.17. The summed E-state index contributed by atoms with van der Waals surface area (Å²) >= 11 is 0. The van der Waals surface area contributed by atoms with E-state index in [2.05, 4.69) is 17.5 Å². The van der Waals surface area contributed by atoms with Crippen LogP contribution in [0.1, 0.15) is 61.4 Å². The van der Waals surface area contributed by atoms with E-state index in [0.29, 0.717) is 12.2 Å². The predicted molar refractivity (Wildman–Crippen MR) is 107 cm³/mol. The summed E-state index contributed by atoms with van der Waals surface area (Å²) in [6.07, 6.45) is 9.03. The Morgan fingerprint density at radius 2 is 1.65 bits per heavy atom. The van der Waals surface area contributed by atoms with Gasteiger partial charge in [-0.2, -0.15) is 5.10 Å². The molecule has 26 heavy (non-hydrogen) atoms. The van der Waals surface area contributed by atoms with E-state index in [1.54, 1.807) is 18.3 Å². The van der Waals surface area contributed by atoms with Gasteiger partial charge in [0.1, 0.15) is 5.75 Å². The van der Waals surface area contributed by atoms with Crippen LogP contribution in [0.15, 0.2) is 59.7 Å². The molecule has 0 spiro atoms. The van der Waals surface area contributed by atoms with Gasteiger partial charge in [-0.15, -0.1) is 0 Å². The molecule has 4 heteroatoms. The Hall–Kier alpha value is -2.62. The molecule has 0 saturated carbocycles. The molecule has 2 aromatic rings. The summed E-state index contributed by atoms with van der Waals surface area (Å²) in [6.45, 7) is 2.93. The summed E-state index contributed by atoms with van der Waals surface area (Å²) in [6, 6.07) is 16.7.